The molecule has 1 aromatic carbocycles. The smallest absolute Gasteiger partial charge is 0.307 e. The van der Waals surface area contributed by atoms with Crippen LogP contribution in [-0.4, -0.2) is 19.0 Å². The number of carbonyl (C=O) groups excluding carboxylic acids is 2. The fourth-order valence-corrected chi connectivity index (χ4v) is 4.17. The van der Waals surface area contributed by atoms with Gasteiger partial charge in [0.05, 0.1) is 19.6 Å². The molecule has 0 aliphatic heterocycles. The molecule has 2 saturated carbocycles. The van der Waals surface area contributed by atoms with E-state index in [9.17, 15) is 9.59 Å². The van der Waals surface area contributed by atoms with Crippen LogP contribution in [0.4, 0.5) is 0 Å². The summed E-state index contributed by atoms with van der Waals surface area (Å²) in [5.74, 6) is 1.06. The first-order valence-electron chi connectivity index (χ1n) is 8.19. The van der Waals surface area contributed by atoms with Gasteiger partial charge in [-0.1, -0.05) is 30.2 Å². The Morgan fingerprint density at radius 3 is 2.57 bits per heavy atom. The minimum Gasteiger partial charge on any atom is -0.469 e. The lowest BCUT2D eigenvalue weighted by Crippen LogP contribution is -2.37. The Labute approximate surface area is 141 Å². The molecule has 3 rings (SSSR count). The molecule has 4 atom stereocenters. The zero-order chi connectivity index (χ0) is 16.4. The van der Waals surface area contributed by atoms with Gasteiger partial charge in [-0.25, -0.2) is 0 Å². The van der Waals surface area contributed by atoms with Crippen LogP contribution in [-0.2, 0) is 14.3 Å². The highest BCUT2D eigenvalue weighted by Gasteiger charge is 2.43. The van der Waals surface area contributed by atoms with Gasteiger partial charge in [-0.2, -0.15) is 0 Å². The van der Waals surface area contributed by atoms with E-state index in [-0.39, 0.29) is 30.3 Å². The van der Waals surface area contributed by atoms with Crippen molar-refractivity contribution in [3.63, 3.8) is 0 Å². The first-order valence-corrected chi connectivity index (χ1v) is 8.57. The van der Waals surface area contributed by atoms with E-state index in [4.69, 9.17) is 16.3 Å². The minimum atomic E-state index is -0.369. The zero-order valence-corrected chi connectivity index (χ0v) is 14.0. The van der Waals surface area contributed by atoms with Crippen molar-refractivity contribution in [3.05, 3.63) is 34.9 Å². The van der Waals surface area contributed by atoms with E-state index < -0.39 is 0 Å². The van der Waals surface area contributed by atoms with Crippen molar-refractivity contribution in [3.8, 4) is 0 Å². The summed E-state index contributed by atoms with van der Waals surface area (Å²) < 4.78 is 4.77. The Bertz CT molecular complexity index is 586. The number of rotatable bonds is 5. The lowest BCUT2D eigenvalue weighted by atomic mass is 9.87. The second-order valence-electron chi connectivity index (χ2n) is 6.67. The number of ether oxygens (including phenoxy) is 1. The van der Waals surface area contributed by atoms with Crippen LogP contribution in [0.1, 0.15) is 43.7 Å². The lowest BCUT2D eigenvalue weighted by Gasteiger charge is -2.25. The van der Waals surface area contributed by atoms with Crippen LogP contribution in [0.25, 0.3) is 0 Å². The van der Waals surface area contributed by atoms with Crippen LogP contribution in [0.3, 0.4) is 0 Å². The van der Waals surface area contributed by atoms with Gasteiger partial charge < -0.3 is 10.1 Å². The number of esters is 1. The van der Waals surface area contributed by atoms with E-state index in [1.807, 2.05) is 12.1 Å². The third-order valence-corrected chi connectivity index (χ3v) is 5.51. The number of hydrogen-bond acceptors (Lipinski definition) is 3. The van der Waals surface area contributed by atoms with E-state index in [1.165, 1.54) is 20.0 Å². The topological polar surface area (TPSA) is 55.4 Å². The molecular formula is C18H22ClNO3. The van der Waals surface area contributed by atoms with Crippen molar-refractivity contribution in [1.29, 1.82) is 0 Å². The van der Waals surface area contributed by atoms with Gasteiger partial charge in [-0.05, 0) is 48.8 Å². The van der Waals surface area contributed by atoms with Crippen LogP contribution in [0.2, 0.25) is 5.02 Å². The zero-order valence-electron chi connectivity index (χ0n) is 13.3. The maximum Gasteiger partial charge on any atom is 0.307 e. The van der Waals surface area contributed by atoms with Crippen molar-refractivity contribution in [1.82, 2.24) is 5.32 Å². The first-order chi connectivity index (χ1) is 11.1. The van der Waals surface area contributed by atoms with Crippen molar-refractivity contribution in [2.45, 2.75) is 38.1 Å². The molecular weight excluding hydrogens is 314 g/mol. The molecule has 124 valence electrons. The van der Waals surface area contributed by atoms with Gasteiger partial charge in [0.15, 0.2) is 0 Å². The quantitative estimate of drug-likeness (QED) is 0.838. The van der Waals surface area contributed by atoms with Gasteiger partial charge >= 0.3 is 5.97 Å². The van der Waals surface area contributed by atoms with Crippen LogP contribution in [0.5, 0.6) is 0 Å². The first kappa shape index (κ1) is 16.3. The summed E-state index contributed by atoms with van der Waals surface area (Å²) in [6.45, 7) is 0. The molecule has 1 amide bonds. The van der Waals surface area contributed by atoms with Crippen LogP contribution in [0.15, 0.2) is 24.3 Å². The summed E-state index contributed by atoms with van der Waals surface area (Å²) in [7, 11) is 1.36. The predicted octanol–water partition coefficient (Wildman–Crippen LogP) is 3.50. The monoisotopic (exact) mass is 335 g/mol. The third-order valence-electron chi connectivity index (χ3n) is 5.26. The van der Waals surface area contributed by atoms with E-state index >= 15 is 0 Å². The molecule has 0 aromatic heterocycles. The number of carbonyl (C=O) groups is 2. The van der Waals surface area contributed by atoms with Crippen molar-refractivity contribution in [2.75, 3.05) is 7.11 Å². The second kappa shape index (κ2) is 6.91. The average Bonchev–Trinajstić information content (AvgIpc) is 3.17. The summed E-state index contributed by atoms with van der Waals surface area (Å²) in [4.78, 5) is 24.4. The minimum absolute atomic E-state index is 0.0704. The molecule has 0 radical (unpaired) electrons. The molecule has 2 aliphatic carbocycles. The van der Waals surface area contributed by atoms with Gasteiger partial charge in [0.2, 0.25) is 5.91 Å². The maximum atomic E-state index is 12.7. The fourth-order valence-electron chi connectivity index (χ4n) is 4.04. The molecule has 2 aliphatic rings. The SMILES string of the molecule is COC(=O)CC(NC(=O)C1CC2CCC1C2)c1ccc(Cl)cc1. The Morgan fingerprint density at radius 2 is 2.00 bits per heavy atom. The van der Waals surface area contributed by atoms with Crippen molar-refractivity contribution in [2.24, 2.45) is 17.8 Å². The third kappa shape index (κ3) is 3.69. The molecule has 2 bridgehead atoms. The summed E-state index contributed by atoms with van der Waals surface area (Å²) in [5.41, 5.74) is 0.872. The van der Waals surface area contributed by atoms with Crippen LogP contribution >= 0.6 is 11.6 Å². The lowest BCUT2D eigenvalue weighted by molar-refractivity contribution is -0.141. The van der Waals surface area contributed by atoms with Gasteiger partial charge in [0.25, 0.3) is 0 Å². The molecule has 23 heavy (non-hydrogen) atoms. The summed E-state index contributed by atoms with van der Waals surface area (Å²) >= 11 is 5.92. The molecule has 0 spiro atoms. The van der Waals surface area contributed by atoms with Crippen molar-refractivity contribution >= 4 is 23.5 Å². The summed E-state index contributed by atoms with van der Waals surface area (Å²) in [6.07, 6.45) is 4.72. The Morgan fingerprint density at radius 1 is 1.26 bits per heavy atom. The molecule has 2 fully saturated rings. The molecule has 0 saturated heterocycles. The summed E-state index contributed by atoms with van der Waals surface area (Å²) in [6, 6.07) is 6.86. The number of fused-ring (bicyclic) bond motifs is 2. The number of halogens is 1. The average molecular weight is 336 g/mol. The normalized spacial score (nSPS) is 26.8. The Kier molecular flexibility index (Phi) is 4.90. The molecule has 4 unspecified atom stereocenters. The van der Waals surface area contributed by atoms with Crippen LogP contribution < -0.4 is 5.32 Å². The number of methoxy groups -OCH3 is 1. The number of benzene rings is 1. The molecule has 1 aromatic rings. The van der Waals surface area contributed by atoms with Gasteiger partial charge in [-0.15, -0.1) is 0 Å². The summed E-state index contributed by atoms with van der Waals surface area (Å²) in [5, 5.41) is 3.69. The predicted molar refractivity (Wildman–Crippen MR) is 87.9 cm³/mol. The van der Waals surface area contributed by atoms with Crippen molar-refractivity contribution < 1.29 is 14.3 Å². The Balaban J connectivity index is 1.71. The second-order valence-corrected chi connectivity index (χ2v) is 7.11. The number of hydrogen-bond donors (Lipinski definition) is 1. The van der Waals surface area contributed by atoms with Gasteiger partial charge in [0, 0.05) is 10.9 Å². The van der Waals surface area contributed by atoms with E-state index in [0.717, 1.165) is 18.4 Å². The largest absolute Gasteiger partial charge is 0.469 e. The molecule has 1 N–H and O–H groups in total. The van der Waals surface area contributed by atoms with Gasteiger partial charge in [0.1, 0.15) is 0 Å². The highest BCUT2D eigenvalue weighted by molar-refractivity contribution is 6.30. The van der Waals surface area contributed by atoms with E-state index in [0.29, 0.717) is 16.9 Å². The number of amides is 1. The number of nitrogens with one attached hydrogen (secondary N) is 1. The van der Waals surface area contributed by atoms with Crippen LogP contribution in [0, 0.1) is 17.8 Å². The van der Waals surface area contributed by atoms with E-state index in [1.54, 1.807) is 12.1 Å². The molecule has 0 heterocycles. The van der Waals surface area contributed by atoms with E-state index in [2.05, 4.69) is 5.32 Å². The highest BCUT2D eigenvalue weighted by Crippen LogP contribution is 2.48. The molecule has 4 nitrogen and oxygen atoms in total. The highest BCUT2D eigenvalue weighted by atomic mass is 35.5. The maximum absolute atomic E-state index is 12.7. The molecule has 5 heteroatoms. The van der Waals surface area contributed by atoms with Gasteiger partial charge in [-0.3, -0.25) is 9.59 Å². The standard InChI is InChI=1S/C18H22ClNO3/c1-23-17(21)10-16(12-4-6-14(19)7-5-12)20-18(22)15-9-11-2-3-13(15)8-11/h4-7,11,13,15-16H,2-3,8-10H2,1H3,(H,20,22). The Hall–Kier alpha value is -1.55. The fraction of sp³-hybridized carbons (Fsp3) is 0.556.